The topological polar surface area (TPSA) is 55.5 Å². The normalized spacial score (nSPS) is 17.8. The highest BCUT2D eigenvalue weighted by Gasteiger charge is 2.15. The Morgan fingerprint density at radius 1 is 1.14 bits per heavy atom. The molecule has 4 rings (SSSR count). The van der Waals surface area contributed by atoms with Gasteiger partial charge in [0.15, 0.2) is 5.11 Å². The molecule has 0 aliphatic carbocycles. The van der Waals surface area contributed by atoms with Crippen LogP contribution in [0.1, 0.15) is 18.4 Å². The van der Waals surface area contributed by atoms with E-state index in [4.69, 9.17) is 17.2 Å². The van der Waals surface area contributed by atoms with Gasteiger partial charge < -0.3 is 20.9 Å². The van der Waals surface area contributed by atoms with Gasteiger partial charge in [0.05, 0.1) is 5.52 Å². The van der Waals surface area contributed by atoms with Gasteiger partial charge in [0.2, 0.25) is 0 Å². The first kappa shape index (κ1) is 19.4. The highest BCUT2D eigenvalue weighted by molar-refractivity contribution is 7.80. The molecule has 0 atom stereocenters. The van der Waals surface area contributed by atoms with Gasteiger partial charge in [-0.25, -0.2) is 4.98 Å². The Labute approximate surface area is 172 Å². The summed E-state index contributed by atoms with van der Waals surface area (Å²) in [4.78, 5) is 9.72. The number of piperazine rings is 1. The van der Waals surface area contributed by atoms with E-state index in [-0.39, 0.29) is 0 Å². The molecule has 6 nitrogen and oxygen atoms in total. The van der Waals surface area contributed by atoms with Crippen molar-refractivity contribution in [1.29, 1.82) is 0 Å². The summed E-state index contributed by atoms with van der Waals surface area (Å²) in [6, 6.07) is 8.51. The quantitative estimate of drug-likeness (QED) is 0.669. The SMILES string of the molecule is Cc1cc(N2CCCC2)nc2ccc(NC(=S)NCCN3CCNCC3)cc12. The van der Waals surface area contributed by atoms with E-state index in [0.717, 1.165) is 69.4 Å². The molecule has 3 heterocycles. The molecule has 2 aliphatic rings. The Hall–Kier alpha value is -1.96. The first-order chi connectivity index (χ1) is 13.7. The minimum atomic E-state index is 0.675. The maximum absolute atomic E-state index is 5.48. The number of nitrogens with zero attached hydrogens (tertiary/aromatic N) is 3. The largest absolute Gasteiger partial charge is 0.361 e. The molecule has 1 aromatic heterocycles. The zero-order chi connectivity index (χ0) is 19.3. The number of nitrogens with one attached hydrogen (secondary N) is 3. The van der Waals surface area contributed by atoms with Crippen LogP contribution in [0, 0.1) is 6.92 Å². The molecule has 0 bridgehead atoms. The van der Waals surface area contributed by atoms with E-state index in [0.29, 0.717) is 5.11 Å². The number of pyridine rings is 1. The van der Waals surface area contributed by atoms with E-state index in [9.17, 15) is 0 Å². The van der Waals surface area contributed by atoms with Crippen LogP contribution in [0.5, 0.6) is 0 Å². The first-order valence-corrected chi connectivity index (χ1v) is 10.7. The Morgan fingerprint density at radius 3 is 2.71 bits per heavy atom. The van der Waals surface area contributed by atoms with Gasteiger partial charge in [-0.3, -0.25) is 4.90 Å². The van der Waals surface area contributed by atoms with Crippen LogP contribution in [0.15, 0.2) is 24.3 Å². The third-order valence-electron chi connectivity index (χ3n) is 5.61. The summed E-state index contributed by atoms with van der Waals surface area (Å²) >= 11 is 5.48. The predicted octanol–water partition coefficient (Wildman–Crippen LogP) is 2.34. The van der Waals surface area contributed by atoms with Gasteiger partial charge in [0.25, 0.3) is 0 Å². The van der Waals surface area contributed by atoms with Crippen LogP contribution >= 0.6 is 12.2 Å². The summed E-state index contributed by atoms with van der Waals surface area (Å²) in [5.41, 5.74) is 3.31. The fourth-order valence-electron chi connectivity index (χ4n) is 4.00. The van der Waals surface area contributed by atoms with Gasteiger partial charge in [-0.1, -0.05) is 0 Å². The summed E-state index contributed by atoms with van der Waals surface area (Å²) < 4.78 is 0. The highest BCUT2D eigenvalue weighted by Crippen LogP contribution is 2.27. The number of benzene rings is 1. The van der Waals surface area contributed by atoms with Crippen LogP contribution in [-0.4, -0.2) is 67.4 Å². The Kier molecular flexibility index (Phi) is 6.24. The number of hydrogen-bond acceptors (Lipinski definition) is 5. The maximum atomic E-state index is 5.48. The Morgan fingerprint density at radius 2 is 1.93 bits per heavy atom. The molecular weight excluding hydrogens is 368 g/mol. The van der Waals surface area contributed by atoms with Crippen LogP contribution < -0.4 is 20.9 Å². The fraction of sp³-hybridized carbons (Fsp3) is 0.524. The van der Waals surface area contributed by atoms with Crippen molar-refractivity contribution < 1.29 is 0 Å². The van der Waals surface area contributed by atoms with E-state index in [1.807, 2.05) is 0 Å². The van der Waals surface area contributed by atoms with Crippen molar-refractivity contribution >= 4 is 39.7 Å². The number of thiocarbonyl (C=S) groups is 1. The molecule has 0 spiro atoms. The second kappa shape index (κ2) is 9.03. The van der Waals surface area contributed by atoms with Gasteiger partial charge >= 0.3 is 0 Å². The van der Waals surface area contributed by atoms with Crippen molar-refractivity contribution in [2.75, 3.05) is 62.6 Å². The lowest BCUT2D eigenvalue weighted by atomic mass is 10.1. The molecule has 0 amide bonds. The molecule has 3 N–H and O–H groups in total. The minimum absolute atomic E-state index is 0.675. The molecule has 2 aliphatic heterocycles. The van der Waals surface area contributed by atoms with E-state index < -0.39 is 0 Å². The Bertz CT molecular complexity index is 827. The standard InChI is InChI=1S/C21H30N6S/c1-16-14-20(27-9-2-3-10-27)25-19-5-4-17(15-18(16)19)24-21(28)23-8-13-26-11-6-22-7-12-26/h4-5,14-15,22H,2-3,6-13H2,1H3,(H2,23,24,28). The second-order valence-electron chi connectivity index (χ2n) is 7.70. The molecule has 1 aromatic carbocycles. The van der Waals surface area contributed by atoms with Gasteiger partial charge in [0.1, 0.15) is 5.82 Å². The lowest BCUT2D eigenvalue weighted by molar-refractivity contribution is 0.245. The van der Waals surface area contributed by atoms with Gasteiger partial charge in [-0.05, 0) is 61.8 Å². The average molecular weight is 399 g/mol. The summed E-state index contributed by atoms with van der Waals surface area (Å²) in [5, 5.41) is 11.9. The van der Waals surface area contributed by atoms with Crippen molar-refractivity contribution in [2.45, 2.75) is 19.8 Å². The molecule has 7 heteroatoms. The van der Waals surface area contributed by atoms with E-state index in [2.05, 4.69) is 56.9 Å². The smallest absolute Gasteiger partial charge is 0.170 e. The van der Waals surface area contributed by atoms with Crippen LogP contribution in [-0.2, 0) is 0 Å². The van der Waals surface area contributed by atoms with Crippen molar-refractivity contribution in [3.63, 3.8) is 0 Å². The van der Waals surface area contributed by atoms with Crippen LogP contribution in [0.4, 0.5) is 11.5 Å². The van der Waals surface area contributed by atoms with E-state index in [1.54, 1.807) is 0 Å². The van der Waals surface area contributed by atoms with Crippen molar-refractivity contribution in [3.05, 3.63) is 29.8 Å². The minimum Gasteiger partial charge on any atom is -0.361 e. The third-order valence-corrected chi connectivity index (χ3v) is 5.86. The number of aryl methyl sites for hydroxylation is 1. The molecule has 2 aromatic rings. The summed E-state index contributed by atoms with van der Waals surface area (Å²) in [6.45, 7) is 10.6. The summed E-state index contributed by atoms with van der Waals surface area (Å²) in [7, 11) is 0. The number of aromatic nitrogens is 1. The Balaban J connectivity index is 1.36. The molecule has 28 heavy (non-hydrogen) atoms. The van der Waals surface area contributed by atoms with Gasteiger partial charge in [0, 0.05) is 63.4 Å². The van der Waals surface area contributed by atoms with Crippen molar-refractivity contribution in [3.8, 4) is 0 Å². The molecule has 150 valence electrons. The third kappa shape index (κ3) is 4.71. The van der Waals surface area contributed by atoms with Crippen LogP contribution in [0.25, 0.3) is 10.9 Å². The number of anilines is 2. The van der Waals surface area contributed by atoms with Gasteiger partial charge in [-0.2, -0.15) is 0 Å². The monoisotopic (exact) mass is 398 g/mol. The number of fused-ring (bicyclic) bond motifs is 1. The molecule has 0 saturated carbocycles. The van der Waals surface area contributed by atoms with Gasteiger partial charge in [-0.15, -0.1) is 0 Å². The molecule has 0 radical (unpaired) electrons. The van der Waals surface area contributed by atoms with Crippen molar-refractivity contribution in [2.24, 2.45) is 0 Å². The lowest BCUT2D eigenvalue weighted by Crippen LogP contribution is -2.46. The van der Waals surface area contributed by atoms with E-state index in [1.165, 1.54) is 23.8 Å². The molecule has 0 unspecified atom stereocenters. The second-order valence-corrected chi connectivity index (χ2v) is 8.10. The first-order valence-electron chi connectivity index (χ1n) is 10.3. The fourth-order valence-corrected chi connectivity index (χ4v) is 4.22. The zero-order valence-electron chi connectivity index (χ0n) is 16.6. The molecular formula is C21H30N6S. The zero-order valence-corrected chi connectivity index (χ0v) is 17.4. The number of rotatable bonds is 5. The van der Waals surface area contributed by atoms with Crippen LogP contribution in [0.2, 0.25) is 0 Å². The lowest BCUT2D eigenvalue weighted by Gasteiger charge is -2.27. The van der Waals surface area contributed by atoms with Crippen molar-refractivity contribution in [1.82, 2.24) is 20.5 Å². The average Bonchev–Trinajstić information content (AvgIpc) is 3.24. The van der Waals surface area contributed by atoms with Crippen LogP contribution in [0.3, 0.4) is 0 Å². The highest BCUT2D eigenvalue weighted by atomic mass is 32.1. The molecule has 2 fully saturated rings. The summed E-state index contributed by atoms with van der Waals surface area (Å²) in [6.07, 6.45) is 2.53. The predicted molar refractivity (Wildman–Crippen MR) is 121 cm³/mol. The maximum Gasteiger partial charge on any atom is 0.170 e. The summed E-state index contributed by atoms with van der Waals surface area (Å²) in [5.74, 6) is 1.10. The number of hydrogen-bond donors (Lipinski definition) is 3. The van der Waals surface area contributed by atoms with E-state index >= 15 is 0 Å². The molecule has 2 saturated heterocycles.